The minimum absolute atomic E-state index is 0.106. The number of rotatable bonds is 3. The zero-order chi connectivity index (χ0) is 12.3. The SMILES string of the molecule is COC(=O)c1cc(Br)c(CBr)c(C(F)F)c1. The molecule has 1 aromatic carbocycles. The lowest BCUT2D eigenvalue weighted by molar-refractivity contribution is 0.0600. The fourth-order valence-electron chi connectivity index (χ4n) is 1.23. The standard InChI is InChI=1S/C10H8Br2F2O2/c1-16-10(15)5-2-6(9(13)14)7(4-11)8(12)3-5/h2-3,9H,4H2,1H3. The van der Waals surface area contributed by atoms with Crippen molar-refractivity contribution < 1.29 is 18.3 Å². The zero-order valence-electron chi connectivity index (χ0n) is 8.27. The topological polar surface area (TPSA) is 26.3 Å². The third-order valence-electron chi connectivity index (χ3n) is 2.02. The number of carbonyl (C=O) groups excluding carboxylic acids is 1. The molecule has 1 rings (SSSR count). The Morgan fingerprint density at radius 2 is 2.12 bits per heavy atom. The van der Waals surface area contributed by atoms with E-state index in [2.05, 4.69) is 36.6 Å². The molecule has 0 amide bonds. The summed E-state index contributed by atoms with van der Waals surface area (Å²) in [6, 6.07) is 2.62. The van der Waals surface area contributed by atoms with Crippen LogP contribution in [0.5, 0.6) is 0 Å². The van der Waals surface area contributed by atoms with Gasteiger partial charge in [0.2, 0.25) is 0 Å². The van der Waals surface area contributed by atoms with Crippen molar-refractivity contribution in [1.82, 2.24) is 0 Å². The van der Waals surface area contributed by atoms with Gasteiger partial charge in [-0.1, -0.05) is 31.9 Å². The minimum atomic E-state index is -2.63. The van der Waals surface area contributed by atoms with E-state index in [1.54, 1.807) is 0 Å². The molecule has 88 valence electrons. The molecule has 0 saturated heterocycles. The molecule has 0 atom stereocenters. The van der Waals surface area contributed by atoms with Crippen LogP contribution in [0.2, 0.25) is 0 Å². The summed E-state index contributed by atoms with van der Waals surface area (Å²) in [5.41, 5.74) is 0.365. The van der Waals surface area contributed by atoms with Gasteiger partial charge in [-0.25, -0.2) is 13.6 Å². The highest BCUT2D eigenvalue weighted by molar-refractivity contribution is 9.10. The van der Waals surface area contributed by atoms with Crippen LogP contribution in [-0.4, -0.2) is 13.1 Å². The Labute approximate surface area is 108 Å². The zero-order valence-corrected chi connectivity index (χ0v) is 11.4. The molecule has 0 aromatic heterocycles. The largest absolute Gasteiger partial charge is 0.465 e. The summed E-state index contributed by atoms with van der Waals surface area (Å²) in [6.45, 7) is 0. The molecule has 0 spiro atoms. The van der Waals surface area contributed by atoms with Gasteiger partial charge in [0, 0.05) is 15.4 Å². The second kappa shape index (κ2) is 5.72. The van der Waals surface area contributed by atoms with Crippen molar-refractivity contribution in [3.63, 3.8) is 0 Å². The Morgan fingerprint density at radius 3 is 2.56 bits per heavy atom. The van der Waals surface area contributed by atoms with E-state index >= 15 is 0 Å². The summed E-state index contributed by atoms with van der Waals surface area (Å²) in [5, 5.41) is 0.286. The van der Waals surface area contributed by atoms with E-state index in [-0.39, 0.29) is 16.5 Å². The molecule has 0 radical (unpaired) electrons. The van der Waals surface area contributed by atoms with Crippen LogP contribution < -0.4 is 0 Å². The number of hydrogen-bond donors (Lipinski definition) is 0. The molecule has 0 fully saturated rings. The van der Waals surface area contributed by atoms with Crippen molar-refractivity contribution in [2.75, 3.05) is 7.11 Å². The predicted molar refractivity (Wildman–Crippen MR) is 63.1 cm³/mol. The molecule has 6 heteroatoms. The number of benzene rings is 1. The Hall–Kier alpha value is -0.490. The van der Waals surface area contributed by atoms with E-state index in [1.165, 1.54) is 13.2 Å². The van der Waals surface area contributed by atoms with E-state index in [1.807, 2.05) is 0 Å². The first-order chi connectivity index (χ1) is 7.51. The first-order valence-corrected chi connectivity index (χ1v) is 6.17. The lowest BCUT2D eigenvalue weighted by Crippen LogP contribution is -2.04. The van der Waals surface area contributed by atoms with Gasteiger partial charge in [0.25, 0.3) is 6.43 Å². The number of ether oxygens (including phenoxy) is 1. The average molecular weight is 358 g/mol. The first-order valence-electron chi connectivity index (χ1n) is 4.26. The van der Waals surface area contributed by atoms with Crippen LogP contribution in [0.15, 0.2) is 16.6 Å². The van der Waals surface area contributed by atoms with Crippen molar-refractivity contribution in [2.45, 2.75) is 11.8 Å². The van der Waals surface area contributed by atoms with E-state index in [0.29, 0.717) is 10.0 Å². The minimum Gasteiger partial charge on any atom is -0.465 e. The Bertz CT molecular complexity index is 408. The number of alkyl halides is 3. The summed E-state index contributed by atoms with van der Waals surface area (Å²) >= 11 is 6.28. The lowest BCUT2D eigenvalue weighted by atomic mass is 10.1. The van der Waals surface area contributed by atoms with Gasteiger partial charge in [0.05, 0.1) is 12.7 Å². The summed E-state index contributed by atoms with van der Waals surface area (Å²) < 4.78 is 30.4. The Morgan fingerprint density at radius 1 is 1.50 bits per heavy atom. The van der Waals surface area contributed by atoms with Crippen molar-refractivity contribution in [1.29, 1.82) is 0 Å². The molecule has 16 heavy (non-hydrogen) atoms. The number of esters is 1. The van der Waals surface area contributed by atoms with Gasteiger partial charge in [-0.2, -0.15) is 0 Å². The number of hydrogen-bond acceptors (Lipinski definition) is 2. The van der Waals surface area contributed by atoms with Gasteiger partial charge in [0.15, 0.2) is 0 Å². The smallest absolute Gasteiger partial charge is 0.337 e. The van der Waals surface area contributed by atoms with Crippen molar-refractivity contribution in [3.05, 3.63) is 33.3 Å². The van der Waals surface area contributed by atoms with Gasteiger partial charge in [-0.15, -0.1) is 0 Å². The maximum absolute atomic E-state index is 12.7. The van der Waals surface area contributed by atoms with Crippen LogP contribution in [0.1, 0.15) is 27.9 Å². The maximum Gasteiger partial charge on any atom is 0.337 e. The molecule has 1 aromatic rings. The van der Waals surface area contributed by atoms with Crippen LogP contribution in [0.25, 0.3) is 0 Å². The van der Waals surface area contributed by atoms with E-state index in [9.17, 15) is 13.6 Å². The third-order valence-corrected chi connectivity index (χ3v) is 3.29. The fraction of sp³-hybridized carbons (Fsp3) is 0.300. The average Bonchev–Trinajstić information content (AvgIpc) is 2.26. The molecule has 0 aliphatic heterocycles. The van der Waals surface area contributed by atoms with Crippen LogP contribution in [0.3, 0.4) is 0 Å². The summed E-state index contributed by atoms with van der Waals surface area (Å²) in [7, 11) is 1.21. The van der Waals surface area contributed by atoms with Crippen LogP contribution in [0.4, 0.5) is 8.78 Å². The molecule has 0 unspecified atom stereocenters. The second-order valence-electron chi connectivity index (χ2n) is 2.95. The van der Waals surface area contributed by atoms with Gasteiger partial charge >= 0.3 is 5.97 Å². The lowest BCUT2D eigenvalue weighted by Gasteiger charge is -2.10. The highest BCUT2D eigenvalue weighted by Crippen LogP contribution is 2.32. The van der Waals surface area contributed by atoms with E-state index in [4.69, 9.17) is 0 Å². The molecular weight excluding hydrogens is 350 g/mol. The second-order valence-corrected chi connectivity index (χ2v) is 4.37. The third kappa shape index (κ3) is 2.79. The van der Waals surface area contributed by atoms with Crippen LogP contribution in [0, 0.1) is 0 Å². The normalized spacial score (nSPS) is 10.6. The molecule has 0 bridgehead atoms. The van der Waals surface area contributed by atoms with E-state index < -0.39 is 12.4 Å². The van der Waals surface area contributed by atoms with Crippen molar-refractivity contribution >= 4 is 37.8 Å². The molecule has 0 saturated carbocycles. The Kier molecular flexibility index (Phi) is 4.86. The number of halogens is 4. The first kappa shape index (κ1) is 13.6. The Balaban J connectivity index is 3.33. The summed E-state index contributed by atoms with van der Waals surface area (Å²) in [5.74, 6) is -0.635. The monoisotopic (exact) mass is 356 g/mol. The van der Waals surface area contributed by atoms with E-state index in [0.717, 1.165) is 6.07 Å². The quantitative estimate of drug-likeness (QED) is 0.602. The molecule has 2 nitrogen and oxygen atoms in total. The molecule has 0 heterocycles. The molecule has 0 aliphatic carbocycles. The maximum atomic E-state index is 12.7. The highest BCUT2D eigenvalue weighted by atomic mass is 79.9. The highest BCUT2D eigenvalue weighted by Gasteiger charge is 2.18. The number of methoxy groups -OCH3 is 1. The number of carbonyl (C=O) groups is 1. The summed E-state index contributed by atoms with van der Waals surface area (Å²) in [6.07, 6.45) is -2.63. The van der Waals surface area contributed by atoms with Gasteiger partial charge in [0.1, 0.15) is 0 Å². The fourth-order valence-corrected chi connectivity index (χ4v) is 2.85. The predicted octanol–water partition coefficient (Wildman–Crippen LogP) is 4.07. The molecule has 0 aliphatic rings. The summed E-state index contributed by atoms with van der Waals surface area (Å²) in [4.78, 5) is 11.2. The molecular formula is C10H8Br2F2O2. The van der Waals surface area contributed by atoms with Crippen molar-refractivity contribution in [3.8, 4) is 0 Å². The van der Waals surface area contributed by atoms with Crippen LogP contribution in [-0.2, 0) is 10.1 Å². The van der Waals surface area contributed by atoms with Gasteiger partial charge in [-0.3, -0.25) is 0 Å². The molecule has 0 N–H and O–H groups in total. The van der Waals surface area contributed by atoms with Crippen molar-refractivity contribution in [2.24, 2.45) is 0 Å². The van der Waals surface area contributed by atoms with Gasteiger partial charge in [-0.05, 0) is 17.7 Å². The van der Waals surface area contributed by atoms with Gasteiger partial charge < -0.3 is 4.74 Å². The van der Waals surface area contributed by atoms with Crippen LogP contribution >= 0.6 is 31.9 Å².